The SMILES string of the molecule is CC(C)OC(=O)N1CCN(c2ccc(C3(C(=O)N4CCC5(C4)OC(=O)c4cnccc45)CC3)c(F)c2)CC1. The number of rotatable bonds is 4. The lowest BCUT2D eigenvalue weighted by atomic mass is 9.92. The lowest BCUT2D eigenvalue weighted by Crippen LogP contribution is -2.49. The molecule has 0 radical (unpaired) electrons. The second kappa shape index (κ2) is 8.96. The second-order valence-corrected chi connectivity index (χ2v) is 10.9. The Kier molecular flexibility index (Phi) is 5.81. The average Bonchev–Trinajstić information content (AvgIpc) is 3.53. The first kappa shape index (κ1) is 24.6. The van der Waals surface area contributed by atoms with Gasteiger partial charge in [0.25, 0.3) is 0 Å². The number of likely N-dealkylation sites (tertiary alicyclic amines) is 1. The molecule has 2 saturated heterocycles. The zero-order valence-electron chi connectivity index (χ0n) is 21.6. The van der Waals surface area contributed by atoms with Gasteiger partial charge in [0.15, 0.2) is 5.60 Å². The minimum Gasteiger partial charge on any atom is -0.449 e. The number of nitrogens with zero attached hydrogens (tertiary/aromatic N) is 4. The Labute approximate surface area is 220 Å². The number of esters is 1. The molecule has 1 saturated carbocycles. The number of fused-ring (bicyclic) bond motifs is 2. The van der Waals surface area contributed by atoms with Crippen LogP contribution in [0.5, 0.6) is 0 Å². The number of ether oxygens (including phenoxy) is 2. The van der Waals surface area contributed by atoms with Crippen molar-refractivity contribution in [1.82, 2.24) is 14.8 Å². The lowest BCUT2D eigenvalue weighted by molar-refractivity contribution is -0.134. The molecule has 1 aromatic heterocycles. The Morgan fingerprint density at radius 3 is 2.47 bits per heavy atom. The molecule has 1 aliphatic carbocycles. The summed E-state index contributed by atoms with van der Waals surface area (Å²) in [5.74, 6) is -0.924. The number of anilines is 1. The van der Waals surface area contributed by atoms with Gasteiger partial charge in [0.1, 0.15) is 5.82 Å². The van der Waals surface area contributed by atoms with Gasteiger partial charge in [0, 0.05) is 68.4 Å². The minimum absolute atomic E-state index is 0.114. The van der Waals surface area contributed by atoms with Gasteiger partial charge in [-0.2, -0.15) is 0 Å². The number of carbonyl (C=O) groups is 3. The zero-order valence-corrected chi connectivity index (χ0v) is 21.6. The molecule has 1 atom stereocenters. The van der Waals surface area contributed by atoms with E-state index in [0.717, 1.165) is 11.3 Å². The fraction of sp³-hybridized carbons (Fsp3) is 0.500. The summed E-state index contributed by atoms with van der Waals surface area (Å²) in [5.41, 5.74) is 0.631. The van der Waals surface area contributed by atoms with E-state index < -0.39 is 22.8 Å². The topological polar surface area (TPSA) is 92.3 Å². The molecule has 4 heterocycles. The van der Waals surface area contributed by atoms with Crippen molar-refractivity contribution < 1.29 is 28.2 Å². The van der Waals surface area contributed by atoms with Gasteiger partial charge in [0.2, 0.25) is 5.91 Å². The maximum atomic E-state index is 15.5. The van der Waals surface area contributed by atoms with E-state index in [4.69, 9.17) is 9.47 Å². The van der Waals surface area contributed by atoms with E-state index in [0.29, 0.717) is 63.1 Å². The van der Waals surface area contributed by atoms with Crippen molar-refractivity contribution >= 4 is 23.7 Å². The number of aromatic nitrogens is 1. The van der Waals surface area contributed by atoms with Gasteiger partial charge >= 0.3 is 12.1 Å². The van der Waals surface area contributed by atoms with E-state index in [9.17, 15) is 14.4 Å². The highest BCUT2D eigenvalue weighted by Crippen LogP contribution is 2.53. The van der Waals surface area contributed by atoms with E-state index in [1.54, 1.807) is 28.1 Å². The third-order valence-electron chi connectivity index (χ3n) is 8.21. The monoisotopic (exact) mass is 522 g/mol. The summed E-state index contributed by atoms with van der Waals surface area (Å²) in [7, 11) is 0. The molecule has 3 aliphatic heterocycles. The van der Waals surface area contributed by atoms with Crippen molar-refractivity contribution in [3.63, 3.8) is 0 Å². The molecule has 200 valence electrons. The minimum atomic E-state index is -0.878. The molecular formula is C28H31FN4O5. The predicted molar refractivity (Wildman–Crippen MR) is 135 cm³/mol. The summed E-state index contributed by atoms with van der Waals surface area (Å²) >= 11 is 0. The summed E-state index contributed by atoms with van der Waals surface area (Å²) in [5, 5.41) is 0. The molecule has 1 spiro atoms. The normalized spacial score (nSPS) is 23.6. The summed E-state index contributed by atoms with van der Waals surface area (Å²) in [6.45, 7) is 6.48. The summed E-state index contributed by atoms with van der Waals surface area (Å²) in [6, 6.07) is 6.88. The van der Waals surface area contributed by atoms with Crippen LogP contribution < -0.4 is 4.90 Å². The van der Waals surface area contributed by atoms with Crippen molar-refractivity contribution in [3.8, 4) is 0 Å². The highest BCUT2D eigenvalue weighted by Gasteiger charge is 2.58. The third-order valence-corrected chi connectivity index (χ3v) is 8.21. The van der Waals surface area contributed by atoms with Crippen molar-refractivity contribution in [3.05, 3.63) is 59.2 Å². The number of halogens is 1. The molecule has 3 fully saturated rings. The van der Waals surface area contributed by atoms with Gasteiger partial charge in [-0.3, -0.25) is 9.78 Å². The smallest absolute Gasteiger partial charge is 0.410 e. The van der Waals surface area contributed by atoms with Crippen LogP contribution in [0.4, 0.5) is 14.9 Å². The standard InChI is InChI=1S/C28H31FN4O5/c1-18(2)37-26(36)32-13-11-31(12-14-32)19-3-4-22(23(29)15-19)27(6-7-27)25(35)33-10-8-28(17-33)21-5-9-30-16-20(21)24(34)38-28/h3-5,9,15-16,18H,6-8,10-14,17H2,1-2H3. The fourth-order valence-corrected chi connectivity index (χ4v) is 6.04. The van der Waals surface area contributed by atoms with Gasteiger partial charge < -0.3 is 24.2 Å². The molecule has 9 nitrogen and oxygen atoms in total. The quantitative estimate of drug-likeness (QED) is 0.570. The van der Waals surface area contributed by atoms with Crippen LogP contribution in [0.2, 0.25) is 0 Å². The Morgan fingerprint density at radius 1 is 1.03 bits per heavy atom. The molecule has 38 heavy (non-hydrogen) atoms. The number of piperazine rings is 1. The van der Waals surface area contributed by atoms with Gasteiger partial charge in [-0.1, -0.05) is 6.07 Å². The molecule has 6 rings (SSSR count). The van der Waals surface area contributed by atoms with Crippen molar-refractivity contribution in [1.29, 1.82) is 0 Å². The second-order valence-electron chi connectivity index (χ2n) is 10.9. The Hall–Kier alpha value is -3.69. The maximum Gasteiger partial charge on any atom is 0.410 e. The van der Waals surface area contributed by atoms with Gasteiger partial charge in [-0.25, -0.2) is 14.0 Å². The van der Waals surface area contributed by atoms with Crippen LogP contribution in [-0.2, 0) is 25.3 Å². The Bertz CT molecular complexity index is 1300. The molecule has 0 N–H and O–H groups in total. The number of pyridine rings is 1. The summed E-state index contributed by atoms with van der Waals surface area (Å²) in [6.07, 6.45) is 4.32. The summed E-state index contributed by atoms with van der Waals surface area (Å²) in [4.78, 5) is 47.7. The molecule has 4 aliphatic rings. The summed E-state index contributed by atoms with van der Waals surface area (Å²) < 4.78 is 26.6. The van der Waals surface area contributed by atoms with Crippen LogP contribution >= 0.6 is 0 Å². The van der Waals surface area contributed by atoms with Crippen LogP contribution in [0.25, 0.3) is 0 Å². The average molecular weight is 523 g/mol. The maximum absolute atomic E-state index is 15.5. The highest BCUT2D eigenvalue weighted by atomic mass is 19.1. The number of amides is 2. The van der Waals surface area contributed by atoms with E-state index in [2.05, 4.69) is 4.98 Å². The van der Waals surface area contributed by atoms with Gasteiger partial charge in [-0.15, -0.1) is 0 Å². The Balaban J connectivity index is 1.14. The van der Waals surface area contributed by atoms with Crippen molar-refractivity contribution in [2.75, 3.05) is 44.2 Å². The van der Waals surface area contributed by atoms with Crippen LogP contribution in [-0.4, -0.2) is 78.1 Å². The fourth-order valence-electron chi connectivity index (χ4n) is 6.04. The van der Waals surface area contributed by atoms with Gasteiger partial charge in [0.05, 0.1) is 23.6 Å². The lowest BCUT2D eigenvalue weighted by Gasteiger charge is -2.36. The van der Waals surface area contributed by atoms with Crippen molar-refractivity contribution in [2.45, 2.75) is 50.2 Å². The number of carbonyl (C=O) groups excluding carboxylic acids is 3. The largest absolute Gasteiger partial charge is 0.449 e. The first-order valence-corrected chi connectivity index (χ1v) is 13.2. The molecule has 0 bridgehead atoms. The molecular weight excluding hydrogens is 491 g/mol. The predicted octanol–water partition coefficient (Wildman–Crippen LogP) is 3.22. The van der Waals surface area contributed by atoms with Gasteiger partial charge in [-0.05, 0) is 44.9 Å². The molecule has 1 unspecified atom stereocenters. The molecule has 10 heteroatoms. The van der Waals surface area contributed by atoms with Crippen molar-refractivity contribution in [2.24, 2.45) is 0 Å². The molecule has 2 amide bonds. The molecule has 1 aromatic carbocycles. The van der Waals surface area contributed by atoms with Crippen LogP contribution in [0.3, 0.4) is 0 Å². The van der Waals surface area contributed by atoms with Crippen LogP contribution in [0.1, 0.15) is 54.6 Å². The van der Waals surface area contributed by atoms with E-state index >= 15 is 4.39 Å². The molecule has 2 aromatic rings. The third kappa shape index (κ3) is 3.97. The zero-order chi connectivity index (χ0) is 26.7. The van der Waals surface area contributed by atoms with Crippen LogP contribution in [0, 0.1) is 5.82 Å². The first-order chi connectivity index (χ1) is 18.2. The van der Waals surface area contributed by atoms with Crippen LogP contribution in [0.15, 0.2) is 36.7 Å². The number of benzene rings is 1. The Morgan fingerprint density at radius 2 is 1.79 bits per heavy atom. The van der Waals surface area contributed by atoms with E-state index in [1.807, 2.05) is 24.8 Å². The first-order valence-electron chi connectivity index (χ1n) is 13.2. The van der Waals surface area contributed by atoms with E-state index in [-0.39, 0.29) is 24.6 Å². The number of hydrogen-bond acceptors (Lipinski definition) is 7. The highest BCUT2D eigenvalue weighted by molar-refractivity contribution is 5.95. The van der Waals surface area contributed by atoms with E-state index in [1.165, 1.54) is 12.3 Å². The number of hydrogen-bond donors (Lipinski definition) is 0.